The lowest BCUT2D eigenvalue weighted by atomic mass is 9.93. The van der Waals surface area contributed by atoms with Gasteiger partial charge in [-0.1, -0.05) is 18.0 Å². The molecule has 2 amide bonds. The van der Waals surface area contributed by atoms with Crippen molar-refractivity contribution in [1.82, 2.24) is 29.4 Å². The van der Waals surface area contributed by atoms with E-state index >= 15 is 0 Å². The smallest absolute Gasteiger partial charge is 0.407 e. The number of carbonyl (C=O) groups is 2. The maximum absolute atomic E-state index is 13.0. The van der Waals surface area contributed by atoms with Gasteiger partial charge in [-0.2, -0.15) is 0 Å². The summed E-state index contributed by atoms with van der Waals surface area (Å²) in [4.78, 5) is 34.2. The van der Waals surface area contributed by atoms with Crippen LogP contribution in [0.4, 0.5) is 10.6 Å². The number of likely N-dealkylation sites (tertiary alicyclic amines) is 1. The molecule has 3 fully saturated rings. The molecule has 3 aromatic rings. The molecule has 2 aliphatic carbocycles. The molecule has 0 radical (unpaired) electrons. The van der Waals surface area contributed by atoms with E-state index in [1.807, 2.05) is 18.6 Å². The first-order chi connectivity index (χ1) is 23.4. The van der Waals surface area contributed by atoms with Gasteiger partial charge in [-0.05, 0) is 113 Å². The van der Waals surface area contributed by atoms with E-state index in [2.05, 4.69) is 20.4 Å². The van der Waals surface area contributed by atoms with Crippen molar-refractivity contribution < 1.29 is 27.9 Å². The van der Waals surface area contributed by atoms with E-state index in [9.17, 15) is 23.1 Å². The molecule has 13 nitrogen and oxygen atoms in total. The summed E-state index contributed by atoms with van der Waals surface area (Å²) in [6.07, 6.45) is 11.9. The number of rotatable bonds is 16. The van der Waals surface area contributed by atoms with Crippen molar-refractivity contribution in [2.45, 2.75) is 82.1 Å². The highest BCUT2D eigenvalue weighted by atomic mass is 35.5. The Labute approximate surface area is 291 Å². The minimum Gasteiger partial charge on any atom is -0.477 e. The SMILES string of the molecule is CC1(C)CC(CCCCNc2ccc(S(=O)(=O)NC(=O)c3ccc(-n4ccc(OCCC(C5CC5)C5CC5)n4)nc3Cl)cn2)CN1C(=O)O. The van der Waals surface area contributed by atoms with Gasteiger partial charge in [-0.25, -0.2) is 32.6 Å². The van der Waals surface area contributed by atoms with E-state index in [1.165, 1.54) is 65.7 Å². The summed E-state index contributed by atoms with van der Waals surface area (Å²) in [6, 6.07) is 7.57. The minimum atomic E-state index is -4.23. The van der Waals surface area contributed by atoms with Crippen molar-refractivity contribution in [1.29, 1.82) is 0 Å². The average molecular weight is 714 g/mol. The lowest BCUT2D eigenvalue weighted by Crippen LogP contribution is -2.41. The number of hydrogen-bond donors (Lipinski definition) is 3. The van der Waals surface area contributed by atoms with Gasteiger partial charge in [-0.3, -0.25) is 4.79 Å². The molecule has 1 aliphatic heterocycles. The molecule has 6 rings (SSSR count). The van der Waals surface area contributed by atoms with Gasteiger partial charge in [0.2, 0.25) is 5.88 Å². The monoisotopic (exact) mass is 713 g/mol. The second-order valence-corrected chi connectivity index (χ2v) is 16.1. The standard InChI is InChI=1S/C34H44ClN7O6S/c1-34(2)19-22(21-41(34)33(44)45)5-3-4-16-36-28-12-10-25(20-37-28)49(46,47)40-32(43)27-11-13-29(38-31(27)35)42-17-14-30(39-42)48-18-15-26(23-6-7-23)24-8-9-24/h10-14,17,20,22-24,26H,3-9,15-16,18-19,21H2,1-2H3,(H,36,37)(H,40,43)(H,44,45). The molecule has 3 N–H and O–H groups in total. The summed E-state index contributed by atoms with van der Waals surface area (Å²) < 4.78 is 35.3. The van der Waals surface area contributed by atoms with E-state index in [-0.39, 0.29) is 21.2 Å². The molecular formula is C34H44ClN7O6S. The number of ether oxygens (including phenoxy) is 1. The highest BCUT2D eigenvalue weighted by Gasteiger charge is 2.41. The average Bonchev–Trinajstić information content (AvgIpc) is 3.99. The largest absolute Gasteiger partial charge is 0.477 e. The van der Waals surface area contributed by atoms with Crippen molar-refractivity contribution in [3.8, 4) is 11.7 Å². The Kier molecular flexibility index (Phi) is 10.4. The van der Waals surface area contributed by atoms with Crippen molar-refractivity contribution in [2.24, 2.45) is 23.7 Å². The van der Waals surface area contributed by atoms with Crippen LogP contribution in [0.15, 0.2) is 47.6 Å². The third-order valence-electron chi connectivity index (χ3n) is 9.84. The molecule has 0 aromatic carbocycles. The molecule has 1 unspecified atom stereocenters. The first-order valence-corrected chi connectivity index (χ1v) is 18.9. The Bertz CT molecular complexity index is 1750. The van der Waals surface area contributed by atoms with E-state index in [0.29, 0.717) is 43.1 Å². The quantitative estimate of drug-likeness (QED) is 0.118. The topological polar surface area (TPSA) is 169 Å². The minimum absolute atomic E-state index is 0.105. The van der Waals surface area contributed by atoms with E-state index in [4.69, 9.17) is 16.3 Å². The van der Waals surface area contributed by atoms with Crippen LogP contribution < -0.4 is 14.8 Å². The molecule has 3 aromatic heterocycles. The highest BCUT2D eigenvalue weighted by molar-refractivity contribution is 7.90. The summed E-state index contributed by atoms with van der Waals surface area (Å²) in [5.41, 5.74) is -0.449. The summed E-state index contributed by atoms with van der Waals surface area (Å²) in [5.74, 6) is 3.24. The third kappa shape index (κ3) is 8.82. The van der Waals surface area contributed by atoms with Gasteiger partial charge in [0.1, 0.15) is 15.9 Å². The van der Waals surface area contributed by atoms with Crippen LogP contribution in [0.1, 0.15) is 82.0 Å². The lowest BCUT2D eigenvalue weighted by Gasteiger charge is -2.28. The Hall–Kier alpha value is -3.91. The molecule has 3 aliphatic rings. The fraction of sp³-hybridized carbons (Fsp3) is 0.559. The molecule has 0 spiro atoms. The number of halogens is 1. The van der Waals surface area contributed by atoms with Crippen molar-refractivity contribution >= 4 is 39.4 Å². The van der Waals surface area contributed by atoms with Gasteiger partial charge in [0.05, 0.1) is 12.2 Å². The van der Waals surface area contributed by atoms with Crippen molar-refractivity contribution in [2.75, 3.05) is 25.0 Å². The van der Waals surface area contributed by atoms with Gasteiger partial charge in [0, 0.05) is 37.1 Å². The molecule has 264 valence electrons. The molecule has 1 saturated heterocycles. The van der Waals surface area contributed by atoms with E-state index in [0.717, 1.165) is 49.9 Å². The molecule has 49 heavy (non-hydrogen) atoms. The Morgan fingerprint density at radius 3 is 2.49 bits per heavy atom. The molecule has 0 bridgehead atoms. The maximum Gasteiger partial charge on any atom is 0.407 e. The lowest BCUT2D eigenvalue weighted by molar-refractivity contribution is 0.0980. The van der Waals surface area contributed by atoms with Gasteiger partial charge in [-0.15, -0.1) is 5.10 Å². The normalized spacial score (nSPS) is 18.9. The molecular weight excluding hydrogens is 670 g/mol. The number of carbonyl (C=O) groups excluding carboxylic acids is 1. The van der Waals surface area contributed by atoms with Crippen LogP contribution in [0.3, 0.4) is 0 Å². The molecule has 1 atom stereocenters. The van der Waals surface area contributed by atoms with Crippen molar-refractivity contribution in [3.05, 3.63) is 53.4 Å². The number of aromatic nitrogens is 4. The summed E-state index contributed by atoms with van der Waals surface area (Å²) in [5, 5.41) is 16.8. The predicted molar refractivity (Wildman–Crippen MR) is 184 cm³/mol. The number of pyridine rings is 2. The van der Waals surface area contributed by atoms with Gasteiger partial charge < -0.3 is 20.1 Å². The van der Waals surface area contributed by atoms with Crippen molar-refractivity contribution in [3.63, 3.8) is 0 Å². The number of hydrogen-bond acceptors (Lipinski definition) is 9. The predicted octanol–water partition coefficient (Wildman–Crippen LogP) is 6.00. The maximum atomic E-state index is 13.0. The summed E-state index contributed by atoms with van der Waals surface area (Å²) in [6.45, 7) is 5.72. The Morgan fingerprint density at radius 1 is 1.10 bits per heavy atom. The highest BCUT2D eigenvalue weighted by Crippen LogP contribution is 2.50. The van der Waals surface area contributed by atoms with E-state index < -0.39 is 22.0 Å². The number of sulfonamides is 1. The Morgan fingerprint density at radius 2 is 1.86 bits per heavy atom. The first kappa shape index (κ1) is 34.9. The van der Waals surface area contributed by atoms with Gasteiger partial charge >= 0.3 is 6.09 Å². The van der Waals surface area contributed by atoms with Crippen LogP contribution in [-0.4, -0.2) is 75.4 Å². The Balaban J connectivity index is 0.950. The first-order valence-electron chi connectivity index (χ1n) is 17.0. The molecule has 2 saturated carbocycles. The number of nitrogens with one attached hydrogen (secondary N) is 2. The summed E-state index contributed by atoms with van der Waals surface area (Å²) in [7, 11) is -4.23. The van der Waals surface area contributed by atoms with Crippen LogP contribution in [0.5, 0.6) is 5.88 Å². The number of unbranched alkanes of at least 4 members (excludes halogenated alkanes) is 1. The number of carboxylic acid groups (broad SMARTS) is 1. The zero-order chi connectivity index (χ0) is 34.8. The van der Waals surface area contributed by atoms with Crippen LogP contribution in [0.2, 0.25) is 5.15 Å². The van der Waals surface area contributed by atoms with Crippen LogP contribution in [0, 0.1) is 23.7 Å². The van der Waals surface area contributed by atoms with Gasteiger partial charge in [0.15, 0.2) is 5.82 Å². The van der Waals surface area contributed by atoms with Crippen LogP contribution in [0.25, 0.3) is 5.82 Å². The van der Waals surface area contributed by atoms with Gasteiger partial charge in [0.25, 0.3) is 15.9 Å². The molecule has 4 heterocycles. The second kappa shape index (κ2) is 14.5. The van der Waals surface area contributed by atoms with E-state index in [1.54, 1.807) is 12.3 Å². The van der Waals surface area contributed by atoms with Crippen LogP contribution in [-0.2, 0) is 10.0 Å². The molecule has 15 heteroatoms. The fourth-order valence-electron chi connectivity index (χ4n) is 7.01. The zero-order valence-electron chi connectivity index (χ0n) is 27.8. The summed E-state index contributed by atoms with van der Waals surface area (Å²) >= 11 is 6.32. The zero-order valence-corrected chi connectivity index (χ0v) is 29.4. The fourth-order valence-corrected chi connectivity index (χ4v) is 8.16. The third-order valence-corrected chi connectivity index (χ3v) is 11.4. The number of anilines is 1. The number of amides is 2. The van der Waals surface area contributed by atoms with Crippen LogP contribution >= 0.6 is 11.6 Å². The number of nitrogens with zero attached hydrogens (tertiary/aromatic N) is 5. The second-order valence-electron chi connectivity index (χ2n) is 14.1.